The zero-order valence-corrected chi connectivity index (χ0v) is 10.5. The fourth-order valence-electron chi connectivity index (χ4n) is 1.84. The fraction of sp³-hybridized carbons (Fsp3) is 0.357. The van der Waals surface area contributed by atoms with Crippen LogP contribution in [-0.2, 0) is 11.3 Å². The lowest BCUT2D eigenvalue weighted by Crippen LogP contribution is -2.22. The van der Waals surface area contributed by atoms with Crippen LogP contribution < -0.4 is 0 Å². The Morgan fingerprint density at radius 3 is 2.83 bits per heavy atom. The van der Waals surface area contributed by atoms with Crippen molar-refractivity contribution >= 4 is 0 Å². The van der Waals surface area contributed by atoms with E-state index < -0.39 is 6.10 Å². The highest BCUT2D eigenvalue weighted by atomic mass is 16.5. The molecule has 0 saturated heterocycles. The van der Waals surface area contributed by atoms with Gasteiger partial charge >= 0.3 is 0 Å². The Balaban J connectivity index is 2.09. The number of aliphatic hydroxyl groups is 1. The molecule has 0 bridgehead atoms. The summed E-state index contributed by atoms with van der Waals surface area (Å²) in [5.41, 5.74) is 1.05. The zero-order valence-electron chi connectivity index (χ0n) is 10.5. The number of hydrogen-bond acceptors (Lipinski definition) is 3. The molecular formula is C14H18N2O2. The van der Waals surface area contributed by atoms with Gasteiger partial charge in [-0.25, -0.2) is 4.98 Å². The summed E-state index contributed by atoms with van der Waals surface area (Å²) >= 11 is 0. The molecule has 0 aliphatic rings. The summed E-state index contributed by atoms with van der Waals surface area (Å²) in [4.78, 5) is 4.33. The summed E-state index contributed by atoms with van der Waals surface area (Å²) in [6.45, 7) is 3.37. The molecular weight excluding hydrogens is 228 g/mol. The van der Waals surface area contributed by atoms with Crippen molar-refractivity contribution in [3.05, 3.63) is 42.7 Å². The highest BCUT2D eigenvalue weighted by Gasteiger charge is 2.10. The summed E-state index contributed by atoms with van der Waals surface area (Å²) < 4.78 is 7.15. The van der Waals surface area contributed by atoms with E-state index in [0.29, 0.717) is 19.8 Å². The topological polar surface area (TPSA) is 47.3 Å². The van der Waals surface area contributed by atoms with E-state index in [1.807, 2.05) is 48.0 Å². The number of hydrogen-bond donors (Lipinski definition) is 1. The van der Waals surface area contributed by atoms with E-state index in [9.17, 15) is 5.11 Å². The largest absolute Gasteiger partial charge is 0.389 e. The third-order valence-corrected chi connectivity index (χ3v) is 2.67. The highest BCUT2D eigenvalue weighted by Crippen LogP contribution is 2.16. The molecule has 96 valence electrons. The lowest BCUT2D eigenvalue weighted by molar-refractivity contribution is 0.0337. The van der Waals surface area contributed by atoms with Crippen molar-refractivity contribution in [2.45, 2.75) is 19.6 Å². The van der Waals surface area contributed by atoms with Gasteiger partial charge in [0.1, 0.15) is 5.82 Å². The van der Waals surface area contributed by atoms with Crippen LogP contribution in [0.5, 0.6) is 0 Å². The van der Waals surface area contributed by atoms with E-state index in [1.165, 1.54) is 0 Å². The normalized spacial score (nSPS) is 12.6. The van der Waals surface area contributed by atoms with Gasteiger partial charge in [0.2, 0.25) is 0 Å². The van der Waals surface area contributed by atoms with Crippen molar-refractivity contribution in [3.8, 4) is 11.4 Å². The molecule has 1 atom stereocenters. The van der Waals surface area contributed by atoms with Crippen molar-refractivity contribution in [1.29, 1.82) is 0 Å². The molecule has 4 heteroatoms. The van der Waals surface area contributed by atoms with Crippen LogP contribution in [0.25, 0.3) is 11.4 Å². The predicted octanol–water partition coefficient (Wildman–Crippen LogP) is 1.95. The molecule has 0 aliphatic heterocycles. The van der Waals surface area contributed by atoms with Crippen LogP contribution >= 0.6 is 0 Å². The molecule has 1 aromatic heterocycles. The SMILES string of the molecule is CCOCC(O)Cn1ccnc1-c1ccccc1. The van der Waals surface area contributed by atoms with Gasteiger partial charge in [0.15, 0.2) is 0 Å². The first-order valence-corrected chi connectivity index (χ1v) is 6.13. The Bertz CT molecular complexity index is 468. The quantitative estimate of drug-likeness (QED) is 0.847. The second-order valence-corrected chi connectivity index (χ2v) is 4.08. The molecule has 2 aromatic rings. The molecule has 1 unspecified atom stereocenters. The van der Waals surface area contributed by atoms with Crippen molar-refractivity contribution < 1.29 is 9.84 Å². The first-order chi connectivity index (χ1) is 8.81. The van der Waals surface area contributed by atoms with Crippen LogP contribution in [0, 0.1) is 0 Å². The van der Waals surface area contributed by atoms with Crippen LogP contribution in [0.15, 0.2) is 42.7 Å². The number of benzene rings is 1. The summed E-state index contributed by atoms with van der Waals surface area (Å²) in [5, 5.41) is 9.85. The monoisotopic (exact) mass is 246 g/mol. The Labute approximate surface area is 107 Å². The van der Waals surface area contributed by atoms with Gasteiger partial charge in [0, 0.05) is 24.6 Å². The smallest absolute Gasteiger partial charge is 0.139 e. The molecule has 0 radical (unpaired) electrons. The molecule has 1 heterocycles. The Morgan fingerprint density at radius 2 is 2.11 bits per heavy atom. The van der Waals surface area contributed by atoms with E-state index in [0.717, 1.165) is 11.4 Å². The highest BCUT2D eigenvalue weighted by molar-refractivity contribution is 5.55. The van der Waals surface area contributed by atoms with Crippen molar-refractivity contribution in [3.63, 3.8) is 0 Å². The van der Waals surface area contributed by atoms with E-state index in [4.69, 9.17) is 4.74 Å². The van der Waals surface area contributed by atoms with Gasteiger partial charge in [-0.05, 0) is 6.92 Å². The van der Waals surface area contributed by atoms with Crippen molar-refractivity contribution in [2.75, 3.05) is 13.2 Å². The van der Waals surface area contributed by atoms with Gasteiger partial charge in [0.05, 0.1) is 19.3 Å². The molecule has 0 amide bonds. The maximum Gasteiger partial charge on any atom is 0.139 e. The maximum atomic E-state index is 9.85. The van der Waals surface area contributed by atoms with Gasteiger partial charge in [-0.2, -0.15) is 0 Å². The standard InChI is InChI=1S/C14H18N2O2/c1-2-18-11-13(17)10-16-9-8-15-14(16)12-6-4-3-5-7-12/h3-9,13,17H,2,10-11H2,1H3. The number of rotatable bonds is 6. The number of nitrogens with zero attached hydrogens (tertiary/aromatic N) is 2. The maximum absolute atomic E-state index is 9.85. The summed E-state index contributed by atoms with van der Waals surface area (Å²) in [5.74, 6) is 0.867. The van der Waals surface area contributed by atoms with E-state index >= 15 is 0 Å². The number of imidazole rings is 1. The second kappa shape index (κ2) is 6.33. The van der Waals surface area contributed by atoms with Gasteiger partial charge < -0.3 is 14.4 Å². The minimum Gasteiger partial charge on any atom is -0.389 e. The average molecular weight is 246 g/mol. The summed E-state index contributed by atoms with van der Waals surface area (Å²) in [6.07, 6.45) is 3.11. The molecule has 1 aromatic carbocycles. The lowest BCUT2D eigenvalue weighted by Gasteiger charge is -2.13. The zero-order chi connectivity index (χ0) is 12.8. The first-order valence-electron chi connectivity index (χ1n) is 6.13. The van der Waals surface area contributed by atoms with Gasteiger partial charge in [-0.3, -0.25) is 0 Å². The van der Waals surface area contributed by atoms with E-state index in [2.05, 4.69) is 4.98 Å². The molecule has 0 fully saturated rings. The fourth-order valence-corrected chi connectivity index (χ4v) is 1.84. The Morgan fingerprint density at radius 1 is 1.33 bits per heavy atom. The van der Waals surface area contributed by atoms with Gasteiger partial charge in [-0.1, -0.05) is 30.3 Å². The second-order valence-electron chi connectivity index (χ2n) is 4.08. The van der Waals surface area contributed by atoms with Crippen LogP contribution in [-0.4, -0.2) is 34.0 Å². The number of ether oxygens (including phenoxy) is 1. The van der Waals surface area contributed by atoms with Crippen molar-refractivity contribution in [2.24, 2.45) is 0 Å². The summed E-state index contributed by atoms with van der Waals surface area (Å²) in [6, 6.07) is 9.94. The van der Waals surface area contributed by atoms with Crippen LogP contribution in [0.2, 0.25) is 0 Å². The average Bonchev–Trinajstić information content (AvgIpc) is 2.85. The summed E-state index contributed by atoms with van der Waals surface area (Å²) in [7, 11) is 0. The molecule has 0 spiro atoms. The van der Waals surface area contributed by atoms with Crippen LogP contribution in [0.3, 0.4) is 0 Å². The van der Waals surface area contributed by atoms with Crippen LogP contribution in [0.4, 0.5) is 0 Å². The number of aliphatic hydroxyl groups excluding tert-OH is 1. The minimum absolute atomic E-state index is 0.350. The molecule has 2 rings (SSSR count). The van der Waals surface area contributed by atoms with E-state index in [1.54, 1.807) is 6.20 Å². The predicted molar refractivity (Wildman–Crippen MR) is 70.2 cm³/mol. The first kappa shape index (κ1) is 12.8. The third kappa shape index (κ3) is 3.18. The van der Waals surface area contributed by atoms with Crippen molar-refractivity contribution in [1.82, 2.24) is 9.55 Å². The van der Waals surface area contributed by atoms with Gasteiger partial charge in [0.25, 0.3) is 0 Å². The number of aromatic nitrogens is 2. The lowest BCUT2D eigenvalue weighted by atomic mass is 10.2. The third-order valence-electron chi connectivity index (χ3n) is 2.67. The van der Waals surface area contributed by atoms with E-state index in [-0.39, 0.29) is 0 Å². The Kier molecular flexibility index (Phi) is 4.50. The molecule has 4 nitrogen and oxygen atoms in total. The molecule has 1 N–H and O–H groups in total. The Hall–Kier alpha value is -1.65. The molecule has 18 heavy (non-hydrogen) atoms. The van der Waals surface area contributed by atoms with Gasteiger partial charge in [-0.15, -0.1) is 0 Å². The molecule has 0 saturated carbocycles. The molecule has 0 aliphatic carbocycles. The van der Waals surface area contributed by atoms with Crippen LogP contribution in [0.1, 0.15) is 6.92 Å². The minimum atomic E-state index is -0.512.